The average molecular weight is 211 g/mol. The minimum atomic E-state index is 0.222. The van der Waals surface area contributed by atoms with Crippen LogP contribution >= 0.6 is 11.6 Å². The first-order valence-electron chi connectivity index (χ1n) is 4.71. The summed E-state index contributed by atoms with van der Waals surface area (Å²) < 4.78 is 5.52. The van der Waals surface area contributed by atoms with E-state index in [1.165, 1.54) is 0 Å². The Morgan fingerprint density at radius 3 is 2.43 bits per heavy atom. The second-order valence-electron chi connectivity index (χ2n) is 3.29. The van der Waals surface area contributed by atoms with E-state index in [-0.39, 0.29) is 6.10 Å². The van der Waals surface area contributed by atoms with Crippen LogP contribution in [0.2, 0.25) is 0 Å². The van der Waals surface area contributed by atoms with Gasteiger partial charge in [-0.1, -0.05) is 24.3 Å². The molecule has 14 heavy (non-hydrogen) atoms. The van der Waals surface area contributed by atoms with Crippen molar-refractivity contribution >= 4 is 17.7 Å². The highest BCUT2D eigenvalue weighted by atomic mass is 35.5. The monoisotopic (exact) mass is 210 g/mol. The zero-order valence-electron chi connectivity index (χ0n) is 8.53. The van der Waals surface area contributed by atoms with Gasteiger partial charge in [-0.15, -0.1) is 11.6 Å². The van der Waals surface area contributed by atoms with Gasteiger partial charge in [-0.3, -0.25) is 0 Å². The summed E-state index contributed by atoms with van der Waals surface area (Å²) in [6.07, 6.45) is 4.13. The molecule has 76 valence electrons. The lowest BCUT2D eigenvalue weighted by Gasteiger charge is -2.09. The average Bonchev–Trinajstić information content (AvgIpc) is 2.16. The van der Waals surface area contributed by atoms with Crippen molar-refractivity contribution in [2.24, 2.45) is 0 Å². The van der Waals surface area contributed by atoms with Crippen LogP contribution in [0.15, 0.2) is 30.3 Å². The van der Waals surface area contributed by atoms with E-state index in [4.69, 9.17) is 16.3 Å². The maximum absolute atomic E-state index is 5.54. The topological polar surface area (TPSA) is 9.23 Å². The first-order valence-corrected chi connectivity index (χ1v) is 5.25. The zero-order chi connectivity index (χ0) is 10.4. The molecule has 0 aliphatic rings. The highest BCUT2D eigenvalue weighted by molar-refractivity contribution is 6.19. The minimum Gasteiger partial charge on any atom is -0.491 e. The van der Waals surface area contributed by atoms with E-state index >= 15 is 0 Å². The molecule has 1 aromatic carbocycles. The number of benzene rings is 1. The molecular weight excluding hydrogens is 196 g/mol. The van der Waals surface area contributed by atoms with E-state index in [0.717, 1.165) is 11.3 Å². The molecule has 1 rings (SSSR count). The van der Waals surface area contributed by atoms with Gasteiger partial charge in [0.25, 0.3) is 0 Å². The van der Waals surface area contributed by atoms with Gasteiger partial charge in [0.2, 0.25) is 0 Å². The van der Waals surface area contributed by atoms with Crippen molar-refractivity contribution in [3.8, 4) is 5.75 Å². The summed E-state index contributed by atoms with van der Waals surface area (Å²) in [4.78, 5) is 0. The summed E-state index contributed by atoms with van der Waals surface area (Å²) in [5.74, 6) is 1.45. The fraction of sp³-hybridized carbons (Fsp3) is 0.333. The Bertz CT molecular complexity index is 288. The lowest BCUT2D eigenvalue weighted by Crippen LogP contribution is -2.05. The summed E-state index contributed by atoms with van der Waals surface area (Å²) in [6, 6.07) is 7.96. The van der Waals surface area contributed by atoms with Crippen LogP contribution in [-0.4, -0.2) is 12.0 Å². The molecule has 0 aliphatic heterocycles. The maximum atomic E-state index is 5.54. The van der Waals surface area contributed by atoms with Gasteiger partial charge in [0.1, 0.15) is 5.75 Å². The van der Waals surface area contributed by atoms with Gasteiger partial charge in [0.15, 0.2) is 0 Å². The van der Waals surface area contributed by atoms with Gasteiger partial charge in [0, 0.05) is 5.88 Å². The van der Waals surface area contributed by atoms with Crippen LogP contribution in [0.25, 0.3) is 6.08 Å². The molecule has 2 heteroatoms. The summed E-state index contributed by atoms with van der Waals surface area (Å²) in [7, 11) is 0. The van der Waals surface area contributed by atoms with Crippen LogP contribution in [0.5, 0.6) is 5.75 Å². The van der Waals surface area contributed by atoms with E-state index < -0.39 is 0 Å². The first kappa shape index (κ1) is 11.1. The molecule has 1 nitrogen and oxygen atoms in total. The maximum Gasteiger partial charge on any atom is 0.119 e. The van der Waals surface area contributed by atoms with Gasteiger partial charge in [-0.2, -0.15) is 0 Å². The molecule has 0 saturated heterocycles. The minimum absolute atomic E-state index is 0.222. The number of hydrogen-bond donors (Lipinski definition) is 0. The van der Waals surface area contributed by atoms with Gasteiger partial charge in [-0.25, -0.2) is 0 Å². The van der Waals surface area contributed by atoms with Crippen LogP contribution in [0.1, 0.15) is 19.4 Å². The molecule has 0 aromatic heterocycles. The molecule has 0 heterocycles. The Hall–Kier alpha value is -0.950. The molecule has 0 spiro atoms. The molecule has 0 aliphatic carbocycles. The van der Waals surface area contributed by atoms with Crippen LogP contribution in [0, 0.1) is 0 Å². The number of halogens is 1. The second-order valence-corrected chi connectivity index (χ2v) is 3.60. The van der Waals surface area contributed by atoms with Gasteiger partial charge in [0.05, 0.1) is 6.10 Å². The predicted octanol–water partition coefficient (Wildman–Crippen LogP) is 3.73. The predicted molar refractivity (Wildman–Crippen MR) is 62.0 cm³/mol. The van der Waals surface area contributed by atoms with Gasteiger partial charge >= 0.3 is 0 Å². The molecule has 0 fully saturated rings. The van der Waals surface area contributed by atoms with E-state index in [0.29, 0.717) is 5.88 Å². The molecule has 0 bridgehead atoms. The number of hydrogen-bond acceptors (Lipinski definition) is 1. The second kappa shape index (κ2) is 5.71. The lowest BCUT2D eigenvalue weighted by molar-refractivity contribution is 0.242. The highest BCUT2D eigenvalue weighted by Crippen LogP contribution is 2.14. The van der Waals surface area contributed by atoms with Gasteiger partial charge < -0.3 is 4.74 Å². The van der Waals surface area contributed by atoms with Crippen molar-refractivity contribution in [3.05, 3.63) is 35.9 Å². The van der Waals surface area contributed by atoms with E-state index in [1.54, 1.807) is 0 Å². The SMILES string of the molecule is CC(C)Oc1ccc(C=CCCl)cc1. The molecule has 0 atom stereocenters. The quantitative estimate of drug-likeness (QED) is 0.689. The number of ether oxygens (including phenoxy) is 1. The number of rotatable bonds is 4. The fourth-order valence-corrected chi connectivity index (χ4v) is 1.20. The molecule has 0 amide bonds. The summed E-state index contributed by atoms with van der Waals surface area (Å²) >= 11 is 5.54. The molecule has 0 saturated carbocycles. The molecule has 0 N–H and O–H groups in total. The Labute approximate surface area is 90.3 Å². The van der Waals surface area contributed by atoms with Crippen molar-refractivity contribution in [1.82, 2.24) is 0 Å². The van der Waals surface area contributed by atoms with Crippen LogP contribution in [-0.2, 0) is 0 Å². The van der Waals surface area contributed by atoms with Crippen LogP contribution in [0.4, 0.5) is 0 Å². The zero-order valence-corrected chi connectivity index (χ0v) is 9.29. The third-order valence-electron chi connectivity index (χ3n) is 1.65. The Balaban J connectivity index is 2.64. The third-order valence-corrected chi connectivity index (χ3v) is 1.83. The van der Waals surface area contributed by atoms with Crippen molar-refractivity contribution < 1.29 is 4.74 Å². The summed E-state index contributed by atoms with van der Waals surface area (Å²) in [5.41, 5.74) is 1.14. The highest BCUT2D eigenvalue weighted by Gasteiger charge is 1.95. The van der Waals surface area contributed by atoms with Crippen LogP contribution in [0.3, 0.4) is 0 Å². The normalized spacial score (nSPS) is 11.1. The van der Waals surface area contributed by atoms with E-state index in [9.17, 15) is 0 Å². The fourth-order valence-electron chi connectivity index (χ4n) is 1.11. The van der Waals surface area contributed by atoms with Crippen molar-refractivity contribution in [1.29, 1.82) is 0 Å². The summed E-state index contributed by atoms with van der Waals surface area (Å²) in [6.45, 7) is 4.03. The number of alkyl halides is 1. The van der Waals surface area contributed by atoms with Crippen molar-refractivity contribution in [2.75, 3.05) is 5.88 Å². The Kier molecular flexibility index (Phi) is 4.54. The summed E-state index contributed by atoms with van der Waals surface area (Å²) in [5, 5.41) is 0. The number of allylic oxidation sites excluding steroid dienone is 1. The van der Waals surface area contributed by atoms with Gasteiger partial charge in [-0.05, 0) is 31.5 Å². The molecule has 0 unspecified atom stereocenters. The molecular formula is C12H15ClO. The molecule has 0 radical (unpaired) electrons. The van der Waals surface area contributed by atoms with Crippen molar-refractivity contribution in [2.45, 2.75) is 20.0 Å². The largest absolute Gasteiger partial charge is 0.491 e. The first-order chi connectivity index (χ1) is 6.72. The molecule has 1 aromatic rings. The van der Waals surface area contributed by atoms with Crippen LogP contribution < -0.4 is 4.74 Å². The van der Waals surface area contributed by atoms with E-state index in [2.05, 4.69) is 0 Å². The third kappa shape index (κ3) is 3.84. The lowest BCUT2D eigenvalue weighted by atomic mass is 10.2. The Morgan fingerprint density at radius 2 is 1.93 bits per heavy atom. The standard InChI is InChI=1S/C12H15ClO/c1-10(2)14-12-7-5-11(6-8-12)4-3-9-13/h3-8,10H,9H2,1-2H3. The smallest absolute Gasteiger partial charge is 0.119 e. The van der Waals surface area contributed by atoms with E-state index in [1.807, 2.05) is 50.3 Å². The Morgan fingerprint density at radius 1 is 1.29 bits per heavy atom. The van der Waals surface area contributed by atoms with Crippen molar-refractivity contribution in [3.63, 3.8) is 0 Å².